The second-order valence-corrected chi connectivity index (χ2v) is 18.4. The molecule has 1 fully saturated rings. The van der Waals surface area contributed by atoms with E-state index in [9.17, 15) is 14.3 Å². The Balaban J connectivity index is 1.13. The Morgan fingerprint density at radius 1 is 0.870 bits per heavy atom. The molecule has 3 aliphatic rings. The zero-order valence-corrected chi connectivity index (χ0v) is 41.1. The van der Waals surface area contributed by atoms with Crippen LogP contribution in [0.25, 0.3) is 31.8 Å². The first kappa shape index (κ1) is 50.0. The Morgan fingerprint density at radius 3 is 2.29 bits per heavy atom. The van der Waals surface area contributed by atoms with Crippen LogP contribution < -0.4 is 23.7 Å². The highest BCUT2D eigenvalue weighted by molar-refractivity contribution is 7.22. The van der Waals surface area contributed by atoms with Gasteiger partial charge in [-0.05, 0) is 85.6 Å². The summed E-state index contributed by atoms with van der Waals surface area (Å²) in [6, 6.07) is 14.9. The van der Waals surface area contributed by atoms with Crippen LogP contribution in [0.4, 0.5) is 4.39 Å². The summed E-state index contributed by atoms with van der Waals surface area (Å²) >= 11 is 16.0. The van der Waals surface area contributed by atoms with Crippen LogP contribution in [0.15, 0.2) is 67.1 Å². The summed E-state index contributed by atoms with van der Waals surface area (Å²) in [6.07, 6.45) is 0.783. The SMILES string of the molecule is COCCOCCOCCOc1ccc(COc2ccc3cc2C[C@H](C(=O)O)Oc2ncnc4sc(-c5ccc(F)cc5)c(c24)-c2c(C)c(Cl)c(c(Cl)c2C)O[C@H](CN2CCN(C)CC2)CO3)nc1. The van der Waals surface area contributed by atoms with Crippen molar-refractivity contribution in [2.24, 2.45) is 0 Å². The zero-order valence-electron chi connectivity index (χ0n) is 38.8. The van der Waals surface area contributed by atoms with E-state index in [1.165, 1.54) is 29.8 Å². The minimum atomic E-state index is -1.47. The number of aromatic nitrogens is 3. The summed E-state index contributed by atoms with van der Waals surface area (Å²) in [6.45, 7) is 10.6. The third kappa shape index (κ3) is 12.3. The number of rotatable bonds is 17. The number of thiophene rings is 1. The van der Waals surface area contributed by atoms with Crippen molar-refractivity contribution in [3.05, 3.63) is 105 Å². The van der Waals surface area contributed by atoms with E-state index in [1.807, 2.05) is 13.8 Å². The molecule has 3 aromatic carbocycles. The van der Waals surface area contributed by atoms with E-state index in [0.29, 0.717) is 133 Å². The largest absolute Gasteiger partial charge is 0.490 e. The van der Waals surface area contributed by atoms with Crippen LogP contribution in [-0.2, 0) is 32.0 Å². The highest BCUT2D eigenvalue weighted by atomic mass is 35.5. The first-order valence-electron chi connectivity index (χ1n) is 22.6. The molecular formula is C50H54Cl2FN5O10S. The second-order valence-electron chi connectivity index (χ2n) is 16.7. The molecule has 0 amide bonds. The van der Waals surface area contributed by atoms with E-state index in [-0.39, 0.29) is 25.5 Å². The van der Waals surface area contributed by atoms with E-state index >= 15 is 0 Å². The van der Waals surface area contributed by atoms with Crippen molar-refractivity contribution < 1.29 is 52.2 Å². The number of likely N-dealkylation sites (N-methyl/N-ethyl adjacent to an activating group) is 1. The first-order valence-corrected chi connectivity index (χ1v) is 24.1. The van der Waals surface area contributed by atoms with Crippen LogP contribution in [-0.4, -0.2) is 141 Å². The van der Waals surface area contributed by atoms with Gasteiger partial charge in [0, 0.05) is 62.3 Å². The molecule has 6 aromatic rings. The summed E-state index contributed by atoms with van der Waals surface area (Å²) < 4.78 is 62.3. The Morgan fingerprint density at radius 2 is 1.59 bits per heavy atom. The van der Waals surface area contributed by atoms with Crippen molar-refractivity contribution in [1.82, 2.24) is 24.8 Å². The van der Waals surface area contributed by atoms with Crippen molar-refractivity contribution in [2.45, 2.75) is 39.1 Å². The van der Waals surface area contributed by atoms with Gasteiger partial charge in [0.15, 0.2) is 5.75 Å². The highest BCUT2D eigenvalue weighted by Gasteiger charge is 2.32. The smallest absolute Gasteiger partial charge is 0.345 e. The van der Waals surface area contributed by atoms with Gasteiger partial charge in [-0.15, -0.1) is 11.3 Å². The predicted octanol–water partition coefficient (Wildman–Crippen LogP) is 8.58. The number of benzene rings is 3. The molecule has 19 heteroatoms. The topological polar surface area (TPSA) is 156 Å². The Kier molecular flexibility index (Phi) is 17.0. The van der Waals surface area contributed by atoms with Crippen LogP contribution in [0, 0.1) is 19.7 Å². The summed E-state index contributed by atoms with van der Waals surface area (Å²) in [7, 11) is 3.72. The summed E-state index contributed by atoms with van der Waals surface area (Å²) in [5.74, 6) is 0.111. The summed E-state index contributed by atoms with van der Waals surface area (Å²) in [5, 5.41) is 11.9. The number of hydrogen-bond donors (Lipinski definition) is 1. The minimum Gasteiger partial charge on any atom is -0.490 e. The maximum absolute atomic E-state index is 14.4. The fourth-order valence-corrected chi connectivity index (χ4v) is 9.79. The lowest BCUT2D eigenvalue weighted by molar-refractivity contribution is -0.145. The lowest BCUT2D eigenvalue weighted by Crippen LogP contribution is -2.49. The van der Waals surface area contributed by atoms with Gasteiger partial charge in [0.25, 0.3) is 0 Å². The van der Waals surface area contributed by atoms with E-state index in [1.54, 1.807) is 55.8 Å². The van der Waals surface area contributed by atoms with Crippen molar-refractivity contribution in [2.75, 3.05) is 93.1 Å². The lowest BCUT2D eigenvalue weighted by Gasteiger charge is -2.35. The molecule has 366 valence electrons. The number of ether oxygens (including phenoxy) is 8. The molecule has 6 heterocycles. The van der Waals surface area contributed by atoms with E-state index in [0.717, 1.165) is 26.2 Å². The van der Waals surface area contributed by atoms with Gasteiger partial charge in [-0.2, -0.15) is 0 Å². The summed E-state index contributed by atoms with van der Waals surface area (Å²) in [5.41, 5.74) is 4.36. The molecular weight excluding hydrogens is 953 g/mol. The molecule has 4 bridgehead atoms. The molecule has 9 rings (SSSR count). The number of carboxylic acids is 1. The van der Waals surface area contributed by atoms with E-state index < -0.39 is 24.0 Å². The average molecular weight is 1010 g/mol. The number of aliphatic carboxylic acids is 1. The van der Waals surface area contributed by atoms with Gasteiger partial charge in [-0.1, -0.05) is 35.3 Å². The van der Waals surface area contributed by atoms with Crippen molar-refractivity contribution in [3.63, 3.8) is 0 Å². The van der Waals surface area contributed by atoms with Crippen molar-refractivity contribution >= 4 is 50.7 Å². The quantitative estimate of drug-likeness (QED) is 0.0867. The maximum atomic E-state index is 14.4. The van der Waals surface area contributed by atoms with Gasteiger partial charge in [0.1, 0.15) is 60.1 Å². The number of halogens is 3. The number of carbonyl (C=O) groups is 1. The molecule has 1 N–H and O–H groups in total. The van der Waals surface area contributed by atoms with Crippen LogP contribution in [0.3, 0.4) is 0 Å². The average Bonchev–Trinajstić information content (AvgIpc) is 3.73. The molecule has 0 unspecified atom stereocenters. The Labute approximate surface area is 413 Å². The third-order valence-corrected chi connectivity index (χ3v) is 13.9. The molecule has 0 saturated carbocycles. The van der Waals surface area contributed by atoms with Gasteiger partial charge in [0.05, 0.1) is 60.4 Å². The fraction of sp³-hybridized carbons (Fsp3) is 0.400. The lowest BCUT2D eigenvalue weighted by atomic mass is 9.92. The van der Waals surface area contributed by atoms with Crippen molar-refractivity contribution in [1.29, 1.82) is 0 Å². The van der Waals surface area contributed by atoms with Gasteiger partial charge in [0.2, 0.25) is 12.0 Å². The van der Waals surface area contributed by atoms with E-state index in [2.05, 4.69) is 31.8 Å². The minimum absolute atomic E-state index is 0.0230. The molecule has 0 aliphatic carbocycles. The number of fused-ring (bicyclic) bond motifs is 7. The molecule has 0 radical (unpaired) electrons. The monoisotopic (exact) mass is 1010 g/mol. The molecule has 69 heavy (non-hydrogen) atoms. The molecule has 3 aliphatic heterocycles. The Bertz CT molecular complexity index is 2680. The predicted molar refractivity (Wildman–Crippen MR) is 261 cm³/mol. The van der Waals surface area contributed by atoms with E-state index in [4.69, 9.17) is 61.1 Å². The molecule has 2 atom stereocenters. The Hall–Kier alpha value is -5.37. The number of piperazine rings is 1. The molecule has 15 nitrogen and oxygen atoms in total. The first-order chi connectivity index (χ1) is 33.5. The second kappa shape index (κ2) is 23.5. The number of methoxy groups -OCH3 is 1. The maximum Gasteiger partial charge on any atom is 0.345 e. The molecule has 1 saturated heterocycles. The molecule has 0 spiro atoms. The van der Waals surface area contributed by atoms with Crippen LogP contribution in [0.2, 0.25) is 10.0 Å². The number of carboxylic acid groups (broad SMARTS) is 1. The number of pyridine rings is 1. The number of hydrogen-bond acceptors (Lipinski definition) is 15. The fourth-order valence-electron chi connectivity index (χ4n) is 8.13. The van der Waals surface area contributed by atoms with Gasteiger partial charge in [-0.3, -0.25) is 9.88 Å². The van der Waals surface area contributed by atoms with Gasteiger partial charge in [-0.25, -0.2) is 19.2 Å². The molecule has 3 aromatic heterocycles. The highest BCUT2D eigenvalue weighted by Crippen LogP contribution is 2.53. The van der Waals surface area contributed by atoms with Gasteiger partial charge >= 0.3 is 5.97 Å². The normalized spacial score (nSPS) is 16.7. The van der Waals surface area contributed by atoms with Crippen molar-refractivity contribution in [3.8, 4) is 50.4 Å². The van der Waals surface area contributed by atoms with Crippen LogP contribution in [0.5, 0.6) is 28.9 Å². The third-order valence-electron chi connectivity index (χ3n) is 11.8. The zero-order chi connectivity index (χ0) is 48.4. The van der Waals surface area contributed by atoms with Gasteiger partial charge < -0.3 is 47.9 Å². The standard InChI is InChI=1S/C50H54Cl2FN5O10S/c1-30-41-31(2)45(52)46(44(30)51)67-38(26-58-15-13-57(3)14-16-58)28-65-36-11-12-39(66-27-35-9-10-37(25-54-35)64-22-21-63-20-19-62-18-17-61-4)33(23-36)24-40(50(59)60)68-48-43-42(41)47(69-49(43)56-29-55-48)32-5-7-34(53)8-6-32/h5-12,23,25,29,38,40H,13-22,24,26-28H2,1-4H3,(H,59,60)/t38-,40-/m1/s1. The summed E-state index contributed by atoms with van der Waals surface area (Å²) in [4.78, 5) is 32.8. The number of nitrogens with zero attached hydrogens (tertiary/aromatic N) is 5. The van der Waals surface area contributed by atoms with Crippen LogP contribution in [0.1, 0.15) is 22.4 Å². The van der Waals surface area contributed by atoms with Crippen LogP contribution >= 0.6 is 34.5 Å².